The summed E-state index contributed by atoms with van der Waals surface area (Å²) >= 11 is 0. The van der Waals surface area contributed by atoms with Gasteiger partial charge in [-0.15, -0.1) is 0 Å². The van der Waals surface area contributed by atoms with E-state index < -0.39 is 0 Å². The largest absolute Gasteiger partial charge is 0.497 e. The number of carbonyl (C=O) groups excluding carboxylic acids is 1. The van der Waals surface area contributed by atoms with Crippen molar-refractivity contribution in [3.05, 3.63) is 36.0 Å². The standard InChI is InChI=1S/C17H22N2O3/c1-11(2)14(8-9-20)19-17(21)16-6-4-12-10-13(22-3)5-7-15(12)18-16/h4-7,10-11,14,20H,8-9H2,1-3H3,(H,19,21). The topological polar surface area (TPSA) is 71.5 Å². The third kappa shape index (κ3) is 3.74. The van der Waals surface area contributed by atoms with Crippen LogP contribution < -0.4 is 10.1 Å². The number of carbonyl (C=O) groups is 1. The van der Waals surface area contributed by atoms with Crippen LogP contribution in [0.15, 0.2) is 30.3 Å². The Labute approximate surface area is 130 Å². The number of nitrogens with one attached hydrogen (secondary N) is 1. The van der Waals surface area contributed by atoms with Gasteiger partial charge in [0.15, 0.2) is 0 Å². The smallest absolute Gasteiger partial charge is 0.270 e. The molecule has 0 fully saturated rings. The van der Waals surface area contributed by atoms with Crippen molar-refractivity contribution >= 4 is 16.8 Å². The van der Waals surface area contributed by atoms with E-state index in [0.717, 1.165) is 16.7 Å². The van der Waals surface area contributed by atoms with Crippen LogP contribution in [0.2, 0.25) is 0 Å². The second-order valence-corrected chi connectivity index (χ2v) is 5.59. The Morgan fingerprint density at radius 1 is 1.32 bits per heavy atom. The van der Waals surface area contributed by atoms with Crippen LogP contribution in [-0.4, -0.2) is 35.8 Å². The minimum Gasteiger partial charge on any atom is -0.497 e. The average Bonchev–Trinajstić information content (AvgIpc) is 2.53. The highest BCUT2D eigenvalue weighted by atomic mass is 16.5. The highest BCUT2D eigenvalue weighted by Crippen LogP contribution is 2.19. The Hall–Kier alpha value is -2.14. The van der Waals surface area contributed by atoms with E-state index in [9.17, 15) is 4.79 Å². The molecular formula is C17H22N2O3. The Kier molecular flexibility index (Phi) is 5.33. The van der Waals surface area contributed by atoms with Gasteiger partial charge in [0.1, 0.15) is 11.4 Å². The zero-order chi connectivity index (χ0) is 16.1. The van der Waals surface area contributed by atoms with Crippen molar-refractivity contribution in [2.45, 2.75) is 26.3 Å². The SMILES string of the molecule is COc1ccc2nc(C(=O)NC(CCO)C(C)C)ccc2c1. The van der Waals surface area contributed by atoms with Crippen LogP contribution in [0, 0.1) is 5.92 Å². The van der Waals surface area contributed by atoms with Gasteiger partial charge in [-0.1, -0.05) is 19.9 Å². The lowest BCUT2D eigenvalue weighted by molar-refractivity contribution is 0.0912. The third-order valence-corrected chi connectivity index (χ3v) is 3.69. The maximum Gasteiger partial charge on any atom is 0.270 e. The molecular weight excluding hydrogens is 280 g/mol. The Bertz CT molecular complexity index is 655. The van der Waals surface area contributed by atoms with Gasteiger partial charge in [-0.25, -0.2) is 4.98 Å². The number of aromatic nitrogens is 1. The third-order valence-electron chi connectivity index (χ3n) is 3.69. The molecule has 0 saturated carbocycles. The van der Waals surface area contributed by atoms with Crippen molar-refractivity contribution < 1.29 is 14.6 Å². The summed E-state index contributed by atoms with van der Waals surface area (Å²) in [7, 11) is 1.61. The van der Waals surface area contributed by atoms with E-state index >= 15 is 0 Å². The average molecular weight is 302 g/mol. The number of methoxy groups -OCH3 is 1. The Morgan fingerprint density at radius 3 is 2.73 bits per heavy atom. The fourth-order valence-electron chi connectivity index (χ4n) is 2.31. The number of nitrogens with zero attached hydrogens (tertiary/aromatic N) is 1. The predicted octanol–water partition coefficient (Wildman–Crippen LogP) is 2.38. The van der Waals surface area contributed by atoms with Crippen LogP contribution in [0.1, 0.15) is 30.8 Å². The molecule has 5 heteroatoms. The number of hydrogen-bond donors (Lipinski definition) is 2. The van der Waals surface area contributed by atoms with Crippen molar-refractivity contribution in [3.8, 4) is 5.75 Å². The molecule has 0 aliphatic heterocycles. The zero-order valence-electron chi connectivity index (χ0n) is 13.2. The summed E-state index contributed by atoms with van der Waals surface area (Å²) in [5, 5.41) is 12.9. The number of aliphatic hydroxyl groups excluding tert-OH is 1. The normalized spacial score (nSPS) is 12.4. The highest BCUT2D eigenvalue weighted by Gasteiger charge is 2.17. The van der Waals surface area contributed by atoms with Gasteiger partial charge in [0.25, 0.3) is 5.91 Å². The summed E-state index contributed by atoms with van der Waals surface area (Å²) < 4.78 is 5.18. The molecule has 0 spiro atoms. The second-order valence-electron chi connectivity index (χ2n) is 5.59. The van der Waals surface area contributed by atoms with Crippen LogP contribution in [-0.2, 0) is 0 Å². The molecule has 0 radical (unpaired) electrons. The number of fused-ring (bicyclic) bond motifs is 1. The molecule has 2 N–H and O–H groups in total. The van der Waals surface area contributed by atoms with E-state index in [4.69, 9.17) is 9.84 Å². The Morgan fingerprint density at radius 2 is 2.09 bits per heavy atom. The summed E-state index contributed by atoms with van der Waals surface area (Å²) in [5.74, 6) is 0.792. The van der Waals surface area contributed by atoms with Crippen LogP contribution in [0.25, 0.3) is 10.9 Å². The molecule has 1 aromatic carbocycles. The molecule has 1 unspecified atom stereocenters. The summed E-state index contributed by atoms with van der Waals surface area (Å²) in [4.78, 5) is 16.7. The lowest BCUT2D eigenvalue weighted by atomic mass is 10.0. The van der Waals surface area contributed by atoms with Crippen LogP contribution in [0.4, 0.5) is 0 Å². The maximum atomic E-state index is 12.3. The molecule has 0 aliphatic rings. The molecule has 5 nitrogen and oxygen atoms in total. The first kappa shape index (κ1) is 16.2. The van der Waals surface area contributed by atoms with Crippen molar-refractivity contribution in [1.82, 2.24) is 10.3 Å². The van der Waals surface area contributed by atoms with Gasteiger partial charge in [0.2, 0.25) is 0 Å². The molecule has 22 heavy (non-hydrogen) atoms. The van der Waals surface area contributed by atoms with Gasteiger partial charge in [0.05, 0.1) is 12.6 Å². The highest BCUT2D eigenvalue weighted by molar-refractivity contribution is 5.95. The minimum absolute atomic E-state index is 0.0497. The van der Waals surface area contributed by atoms with E-state index in [1.807, 2.05) is 38.1 Å². The van der Waals surface area contributed by atoms with E-state index in [-0.39, 0.29) is 24.5 Å². The molecule has 0 aliphatic carbocycles. The van der Waals surface area contributed by atoms with Gasteiger partial charge in [-0.05, 0) is 36.6 Å². The van der Waals surface area contributed by atoms with Crippen LogP contribution in [0.3, 0.4) is 0 Å². The molecule has 1 aromatic heterocycles. The molecule has 118 valence electrons. The van der Waals surface area contributed by atoms with Crippen molar-refractivity contribution in [1.29, 1.82) is 0 Å². The van der Waals surface area contributed by atoms with Gasteiger partial charge in [0, 0.05) is 18.0 Å². The molecule has 2 rings (SSSR count). The summed E-state index contributed by atoms with van der Waals surface area (Å²) in [6.07, 6.45) is 0.536. The van der Waals surface area contributed by atoms with Crippen molar-refractivity contribution in [2.75, 3.05) is 13.7 Å². The van der Waals surface area contributed by atoms with Crippen molar-refractivity contribution in [2.24, 2.45) is 5.92 Å². The lowest BCUT2D eigenvalue weighted by Crippen LogP contribution is -2.39. The number of aliphatic hydroxyl groups is 1. The van der Waals surface area contributed by atoms with E-state index in [1.54, 1.807) is 13.2 Å². The fraction of sp³-hybridized carbons (Fsp3) is 0.412. The van der Waals surface area contributed by atoms with Crippen molar-refractivity contribution in [3.63, 3.8) is 0 Å². The van der Waals surface area contributed by atoms with E-state index in [1.165, 1.54) is 0 Å². The first-order valence-corrected chi connectivity index (χ1v) is 7.41. The van der Waals surface area contributed by atoms with Crippen LogP contribution in [0.5, 0.6) is 5.75 Å². The molecule has 1 amide bonds. The zero-order valence-corrected chi connectivity index (χ0v) is 13.2. The van der Waals surface area contributed by atoms with Gasteiger partial charge in [-0.3, -0.25) is 4.79 Å². The van der Waals surface area contributed by atoms with Crippen LogP contribution >= 0.6 is 0 Å². The number of rotatable bonds is 6. The monoisotopic (exact) mass is 302 g/mol. The number of hydrogen-bond acceptors (Lipinski definition) is 4. The number of ether oxygens (including phenoxy) is 1. The lowest BCUT2D eigenvalue weighted by Gasteiger charge is -2.21. The summed E-state index contributed by atoms with van der Waals surface area (Å²) in [6.45, 7) is 4.08. The predicted molar refractivity (Wildman–Crippen MR) is 86.1 cm³/mol. The molecule has 0 saturated heterocycles. The minimum atomic E-state index is -0.218. The summed E-state index contributed by atoms with van der Waals surface area (Å²) in [5.41, 5.74) is 1.12. The second kappa shape index (κ2) is 7.22. The quantitative estimate of drug-likeness (QED) is 0.859. The van der Waals surface area contributed by atoms with E-state index in [2.05, 4.69) is 10.3 Å². The Balaban J connectivity index is 2.21. The fourth-order valence-corrected chi connectivity index (χ4v) is 2.31. The molecule has 1 atom stereocenters. The number of pyridine rings is 1. The number of benzene rings is 1. The summed E-state index contributed by atoms with van der Waals surface area (Å²) in [6, 6.07) is 9.03. The van der Waals surface area contributed by atoms with Gasteiger partial charge < -0.3 is 15.2 Å². The molecule has 1 heterocycles. The first-order chi connectivity index (χ1) is 10.5. The number of amides is 1. The molecule has 0 bridgehead atoms. The first-order valence-electron chi connectivity index (χ1n) is 7.41. The maximum absolute atomic E-state index is 12.3. The van der Waals surface area contributed by atoms with E-state index in [0.29, 0.717) is 12.1 Å². The van der Waals surface area contributed by atoms with Gasteiger partial charge in [-0.2, -0.15) is 0 Å². The van der Waals surface area contributed by atoms with Gasteiger partial charge >= 0.3 is 0 Å². The molecule has 2 aromatic rings.